The summed E-state index contributed by atoms with van der Waals surface area (Å²) >= 11 is 13.6. The van der Waals surface area contributed by atoms with Crippen molar-refractivity contribution in [3.63, 3.8) is 0 Å². The Balaban J connectivity index is 2.01. The fourth-order valence-electron chi connectivity index (χ4n) is 3.20. The van der Waals surface area contributed by atoms with Gasteiger partial charge in [-0.05, 0) is 49.5 Å². The number of aromatic nitrogens is 2. The molecule has 0 atom stereocenters. The maximum absolute atomic E-state index is 6.06. The van der Waals surface area contributed by atoms with E-state index in [-0.39, 0.29) is 0 Å². The van der Waals surface area contributed by atoms with E-state index in [1.165, 1.54) is 37.6 Å². The SMILES string of the molecule is CSC1(Cn2c(=S)[nH]c3cc(Cl)ccc32)CCCCC1. The van der Waals surface area contributed by atoms with Crippen molar-refractivity contribution in [1.82, 2.24) is 9.55 Å². The van der Waals surface area contributed by atoms with Gasteiger partial charge in [0.2, 0.25) is 0 Å². The van der Waals surface area contributed by atoms with Crippen molar-refractivity contribution in [2.24, 2.45) is 0 Å². The molecule has 0 radical (unpaired) electrons. The Labute approximate surface area is 133 Å². The van der Waals surface area contributed by atoms with Crippen LogP contribution >= 0.6 is 35.6 Å². The number of hydrogen-bond acceptors (Lipinski definition) is 2. The average molecular weight is 327 g/mol. The molecule has 20 heavy (non-hydrogen) atoms. The van der Waals surface area contributed by atoms with Gasteiger partial charge in [-0.2, -0.15) is 11.8 Å². The van der Waals surface area contributed by atoms with Gasteiger partial charge in [0.1, 0.15) is 0 Å². The van der Waals surface area contributed by atoms with Crippen LogP contribution in [-0.2, 0) is 6.54 Å². The van der Waals surface area contributed by atoms with Crippen LogP contribution in [0.4, 0.5) is 0 Å². The Morgan fingerprint density at radius 3 is 2.80 bits per heavy atom. The van der Waals surface area contributed by atoms with E-state index in [0.717, 1.165) is 21.9 Å². The first-order chi connectivity index (χ1) is 9.63. The van der Waals surface area contributed by atoms with E-state index < -0.39 is 0 Å². The molecule has 0 unspecified atom stereocenters. The molecule has 0 aliphatic heterocycles. The van der Waals surface area contributed by atoms with Gasteiger partial charge >= 0.3 is 0 Å². The zero-order chi connectivity index (χ0) is 14.2. The van der Waals surface area contributed by atoms with Crippen LogP contribution in [0.25, 0.3) is 11.0 Å². The fraction of sp³-hybridized carbons (Fsp3) is 0.533. The van der Waals surface area contributed by atoms with Crippen molar-refractivity contribution in [3.8, 4) is 0 Å². The van der Waals surface area contributed by atoms with E-state index in [1.54, 1.807) is 0 Å². The Kier molecular flexibility index (Phi) is 4.16. The number of fused-ring (bicyclic) bond motifs is 1. The number of H-pyrrole nitrogens is 1. The van der Waals surface area contributed by atoms with Crippen LogP contribution in [0.3, 0.4) is 0 Å². The topological polar surface area (TPSA) is 20.7 Å². The third-order valence-electron chi connectivity index (χ3n) is 4.38. The highest BCUT2D eigenvalue weighted by atomic mass is 35.5. The van der Waals surface area contributed by atoms with Crippen molar-refractivity contribution in [3.05, 3.63) is 28.0 Å². The Morgan fingerprint density at radius 1 is 1.35 bits per heavy atom. The Bertz CT molecular complexity index is 668. The quantitative estimate of drug-likeness (QED) is 0.760. The number of nitrogens with one attached hydrogen (secondary N) is 1. The number of imidazole rings is 1. The van der Waals surface area contributed by atoms with E-state index >= 15 is 0 Å². The molecule has 1 N–H and O–H groups in total. The van der Waals surface area contributed by atoms with Crippen LogP contribution in [0.15, 0.2) is 18.2 Å². The second kappa shape index (κ2) is 5.74. The minimum Gasteiger partial charge on any atom is -0.331 e. The summed E-state index contributed by atoms with van der Waals surface area (Å²) in [5.74, 6) is 0. The summed E-state index contributed by atoms with van der Waals surface area (Å²) in [5.41, 5.74) is 2.20. The molecule has 2 aromatic rings. The van der Waals surface area contributed by atoms with Gasteiger partial charge in [-0.1, -0.05) is 30.9 Å². The number of hydrogen-bond donors (Lipinski definition) is 1. The summed E-state index contributed by atoms with van der Waals surface area (Å²) in [7, 11) is 0. The highest BCUT2D eigenvalue weighted by Gasteiger charge is 2.32. The number of thioether (sulfide) groups is 1. The monoisotopic (exact) mass is 326 g/mol. The predicted octanol–water partition coefficient (Wildman–Crippen LogP) is 5.42. The van der Waals surface area contributed by atoms with Crippen LogP contribution in [-0.4, -0.2) is 20.6 Å². The number of halogens is 1. The molecule has 1 aliphatic rings. The molecule has 1 aromatic carbocycles. The van der Waals surface area contributed by atoms with Crippen molar-refractivity contribution in [2.45, 2.75) is 43.4 Å². The fourth-order valence-corrected chi connectivity index (χ4v) is 4.60. The minimum absolute atomic E-state index is 0.339. The second-order valence-electron chi connectivity index (χ2n) is 5.63. The lowest BCUT2D eigenvalue weighted by Crippen LogP contribution is -2.33. The molecular weight excluding hydrogens is 308 g/mol. The van der Waals surface area contributed by atoms with Crippen LogP contribution < -0.4 is 0 Å². The first kappa shape index (κ1) is 14.5. The third-order valence-corrected chi connectivity index (χ3v) is 6.34. The van der Waals surface area contributed by atoms with Crippen LogP contribution in [0.5, 0.6) is 0 Å². The summed E-state index contributed by atoms with van der Waals surface area (Å²) in [6, 6.07) is 5.96. The van der Waals surface area contributed by atoms with Gasteiger partial charge in [-0.25, -0.2) is 0 Å². The third kappa shape index (κ3) is 2.66. The van der Waals surface area contributed by atoms with Crippen LogP contribution in [0.2, 0.25) is 5.02 Å². The van der Waals surface area contributed by atoms with Gasteiger partial charge in [0.15, 0.2) is 4.77 Å². The molecule has 2 nitrogen and oxygen atoms in total. The molecule has 1 aliphatic carbocycles. The van der Waals surface area contributed by atoms with E-state index in [0.29, 0.717) is 4.75 Å². The Hall–Kier alpha value is -0.450. The second-order valence-corrected chi connectivity index (χ2v) is 7.72. The summed E-state index contributed by atoms with van der Waals surface area (Å²) in [6.45, 7) is 0.995. The van der Waals surface area contributed by atoms with Crippen molar-refractivity contribution >= 4 is 46.6 Å². The smallest absolute Gasteiger partial charge is 0.178 e. The molecule has 0 saturated heterocycles. The number of rotatable bonds is 3. The van der Waals surface area contributed by atoms with E-state index in [1.807, 2.05) is 23.9 Å². The van der Waals surface area contributed by atoms with Gasteiger partial charge in [0.25, 0.3) is 0 Å². The first-order valence-electron chi connectivity index (χ1n) is 7.07. The van der Waals surface area contributed by atoms with E-state index in [9.17, 15) is 0 Å². The molecule has 1 aromatic heterocycles. The minimum atomic E-state index is 0.339. The number of aromatic amines is 1. The summed E-state index contributed by atoms with van der Waals surface area (Å²) in [6.07, 6.45) is 8.86. The highest BCUT2D eigenvalue weighted by molar-refractivity contribution is 8.00. The van der Waals surface area contributed by atoms with Crippen molar-refractivity contribution < 1.29 is 0 Å². The van der Waals surface area contributed by atoms with Gasteiger partial charge < -0.3 is 9.55 Å². The normalized spacial score (nSPS) is 18.5. The van der Waals surface area contributed by atoms with Crippen molar-refractivity contribution in [2.75, 3.05) is 6.26 Å². The zero-order valence-electron chi connectivity index (χ0n) is 11.6. The lowest BCUT2D eigenvalue weighted by Gasteiger charge is -2.36. The molecular formula is C15H19ClN2S2. The molecule has 0 amide bonds. The van der Waals surface area contributed by atoms with E-state index in [4.69, 9.17) is 23.8 Å². The van der Waals surface area contributed by atoms with Crippen LogP contribution in [0, 0.1) is 4.77 Å². The molecule has 0 spiro atoms. The van der Waals surface area contributed by atoms with Gasteiger partial charge in [-0.15, -0.1) is 0 Å². The lowest BCUT2D eigenvalue weighted by atomic mass is 9.88. The molecule has 1 saturated carbocycles. The number of nitrogens with zero attached hydrogens (tertiary/aromatic N) is 1. The summed E-state index contributed by atoms with van der Waals surface area (Å²) < 4.78 is 3.40. The molecule has 0 bridgehead atoms. The molecule has 108 valence electrons. The maximum atomic E-state index is 6.06. The van der Waals surface area contributed by atoms with Gasteiger partial charge in [0.05, 0.1) is 11.0 Å². The average Bonchev–Trinajstić information content (AvgIpc) is 2.75. The molecule has 1 heterocycles. The molecule has 3 rings (SSSR count). The van der Waals surface area contributed by atoms with E-state index in [2.05, 4.69) is 21.9 Å². The maximum Gasteiger partial charge on any atom is 0.178 e. The van der Waals surface area contributed by atoms with Crippen LogP contribution in [0.1, 0.15) is 32.1 Å². The lowest BCUT2D eigenvalue weighted by molar-refractivity contribution is 0.360. The molecule has 5 heteroatoms. The van der Waals surface area contributed by atoms with Crippen molar-refractivity contribution in [1.29, 1.82) is 0 Å². The Morgan fingerprint density at radius 2 is 2.10 bits per heavy atom. The molecule has 1 fully saturated rings. The summed E-state index contributed by atoms with van der Waals surface area (Å²) in [5, 5.41) is 0.748. The largest absolute Gasteiger partial charge is 0.331 e. The highest BCUT2D eigenvalue weighted by Crippen LogP contribution is 2.40. The predicted molar refractivity (Wildman–Crippen MR) is 91.5 cm³/mol. The van der Waals surface area contributed by atoms with Gasteiger partial charge in [0, 0.05) is 16.3 Å². The van der Waals surface area contributed by atoms with Gasteiger partial charge in [-0.3, -0.25) is 0 Å². The first-order valence-corrected chi connectivity index (χ1v) is 9.08. The summed E-state index contributed by atoms with van der Waals surface area (Å²) in [4.78, 5) is 3.28. The zero-order valence-corrected chi connectivity index (χ0v) is 14.0. The number of benzene rings is 1. The standard InChI is InChI=1S/C15H19ClN2S2/c1-20-15(7-3-2-4-8-15)10-18-13-6-5-11(16)9-12(13)17-14(18)19/h5-6,9H,2-4,7-8,10H2,1H3,(H,17,19).